The van der Waals surface area contributed by atoms with Crippen molar-refractivity contribution < 1.29 is 23.5 Å². The van der Waals surface area contributed by atoms with Crippen molar-refractivity contribution in [2.45, 2.75) is 89.9 Å². The van der Waals surface area contributed by atoms with Gasteiger partial charge in [-0.05, 0) is 65.0 Å². The summed E-state index contributed by atoms with van der Waals surface area (Å²) in [5.41, 5.74) is 5.37. The first kappa shape index (κ1) is 28.8. The van der Waals surface area contributed by atoms with Crippen LogP contribution in [-0.4, -0.2) is 78.0 Å². The molecular weight excluding hydrogens is 517 g/mol. The number of hydrazine groups is 1. The molecule has 3 aliphatic heterocycles. The fourth-order valence-electron chi connectivity index (χ4n) is 6.55. The van der Waals surface area contributed by atoms with Gasteiger partial charge in [0.1, 0.15) is 5.82 Å². The highest BCUT2D eigenvalue weighted by molar-refractivity contribution is 5.81. The van der Waals surface area contributed by atoms with Crippen LogP contribution in [0, 0.1) is 24.6 Å². The molecule has 1 aromatic heterocycles. The molecule has 1 saturated carbocycles. The van der Waals surface area contributed by atoms with Gasteiger partial charge in [-0.25, -0.2) is 14.8 Å². The minimum Gasteiger partial charge on any atom is -0.420 e. The fourth-order valence-corrected chi connectivity index (χ4v) is 6.55. The van der Waals surface area contributed by atoms with Gasteiger partial charge in [0.15, 0.2) is 11.6 Å². The highest BCUT2D eigenvalue weighted by atomic mass is 19.1. The number of hydrogen-bond acceptors (Lipinski definition) is 9. The van der Waals surface area contributed by atoms with E-state index in [0.717, 1.165) is 51.6 Å². The van der Waals surface area contributed by atoms with Crippen LogP contribution in [0.5, 0.6) is 0 Å². The molecule has 40 heavy (non-hydrogen) atoms. The normalized spacial score (nSPS) is 23.9. The number of carbonyl (C=O) groups excluding carboxylic acids is 2. The predicted molar refractivity (Wildman–Crippen MR) is 148 cm³/mol. The maximum Gasteiger partial charge on any atom is 0.409 e. The molecule has 4 aliphatic rings. The van der Waals surface area contributed by atoms with E-state index in [-0.39, 0.29) is 29.6 Å². The van der Waals surface area contributed by atoms with Gasteiger partial charge >= 0.3 is 6.09 Å². The third kappa shape index (κ3) is 6.94. The van der Waals surface area contributed by atoms with E-state index < -0.39 is 24.1 Å². The number of rotatable bonds is 10. The minimum absolute atomic E-state index is 0.0221. The molecule has 3 saturated heterocycles. The highest BCUT2D eigenvalue weighted by Gasteiger charge is 2.46. The van der Waals surface area contributed by atoms with E-state index in [4.69, 9.17) is 9.47 Å². The molecule has 2 atom stereocenters. The first-order chi connectivity index (χ1) is 19.3. The monoisotopic (exact) mass is 561 g/mol. The number of hydrogen-bond donors (Lipinski definition) is 3. The number of nitrogens with zero attached hydrogens (tertiary/aromatic N) is 4. The average molecular weight is 562 g/mol. The second kappa shape index (κ2) is 12.8. The Hall–Kier alpha value is -2.73. The predicted octanol–water partition coefficient (Wildman–Crippen LogP) is 3.49. The summed E-state index contributed by atoms with van der Waals surface area (Å²) in [5, 5.41) is 2.73. The van der Waals surface area contributed by atoms with Gasteiger partial charge in [0.2, 0.25) is 18.0 Å². The summed E-state index contributed by atoms with van der Waals surface area (Å²) >= 11 is 0. The molecule has 0 aromatic carbocycles. The Morgan fingerprint density at radius 3 is 2.52 bits per heavy atom. The van der Waals surface area contributed by atoms with Crippen molar-refractivity contribution in [2.75, 3.05) is 49.7 Å². The molecule has 11 nitrogen and oxygen atoms in total. The maximum absolute atomic E-state index is 15.5. The molecule has 1 unspecified atom stereocenters. The van der Waals surface area contributed by atoms with Crippen molar-refractivity contribution in [3.05, 3.63) is 11.6 Å². The average Bonchev–Trinajstić information content (AvgIpc) is 3.65. The number of amides is 2. The summed E-state index contributed by atoms with van der Waals surface area (Å²) in [6, 6.07) is 0. The zero-order valence-corrected chi connectivity index (χ0v) is 23.8. The maximum atomic E-state index is 15.5. The van der Waals surface area contributed by atoms with E-state index in [2.05, 4.69) is 38.0 Å². The molecule has 12 heteroatoms. The van der Waals surface area contributed by atoms with Crippen molar-refractivity contribution in [3.8, 4) is 0 Å². The number of anilines is 2. The molecular formula is C28H44FN7O4. The van der Waals surface area contributed by atoms with Gasteiger partial charge < -0.3 is 19.7 Å². The molecule has 0 radical (unpaired) electrons. The second-order valence-electron chi connectivity index (χ2n) is 12.1. The van der Waals surface area contributed by atoms with Crippen LogP contribution < -0.4 is 21.1 Å². The van der Waals surface area contributed by atoms with Gasteiger partial charge in [0.05, 0.1) is 18.1 Å². The van der Waals surface area contributed by atoms with Crippen molar-refractivity contribution in [1.82, 2.24) is 25.6 Å². The Labute approximate surface area is 235 Å². The number of halogens is 1. The van der Waals surface area contributed by atoms with E-state index in [9.17, 15) is 9.59 Å². The zero-order chi connectivity index (χ0) is 28.1. The van der Waals surface area contributed by atoms with Crippen LogP contribution in [0.25, 0.3) is 0 Å². The van der Waals surface area contributed by atoms with E-state index >= 15 is 4.39 Å². The summed E-state index contributed by atoms with van der Waals surface area (Å²) in [6.45, 7) is 8.18. The van der Waals surface area contributed by atoms with E-state index in [1.54, 1.807) is 6.92 Å². The zero-order valence-electron chi connectivity index (χ0n) is 23.8. The van der Waals surface area contributed by atoms with Crippen LogP contribution >= 0.6 is 0 Å². The lowest BCUT2D eigenvalue weighted by molar-refractivity contribution is -0.127. The van der Waals surface area contributed by atoms with Gasteiger partial charge in [-0.1, -0.05) is 25.7 Å². The summed E-state index contributed by atoms with van der Waals surface area (Å²) < 4.78 is 26.4. The number of alkyl carbamates (subject to hydrolysis) is 1. The number of ether oxygens (including phenoxy) is 2. The Morgan fingerprint density at radius 2 is 1.82 bits per heavy atom. The van der Waals surface area contributed by atoms with Crippen LogP contribution in [0.15, 0.2) is 0 Å². The van der Waals surface area contributed by atoms with Crippen LogP contribution in [0.2, 0.25) is 0 Å². The van der Waals surface area contributed by atoms with Crippen LogP contribution in [0.1, 0.15) is 77.0 Å². The number of aromatic nitrogens is 2. The molecule has 1 aromatic rings. The number of nitrogens with one attached hydrogen (secondary N) is 3. The van der Waals surface area contributed by atoms with Crippen molar-refractivity contribution in [2.24, 2.45) is 11.8 Å². The van der Waals surface area contributed by atoms with Crippen molar-refractivity contribution >= 4 is 23.6 Å². The first-order valence-corrected chi connectivity index (χ1v) is 15.0. The number of aryl methyl sites for hydroxylation is 1. The molecule has 222 valence electrons. The fraction of sp³-hybridized carbons (Fsp3) is 0.786. The molecule has 4 heterocycles. The SMILES string of the molecule is Cc1nc(NNC(=O)[C@@H](CNC(=O)OC2CCCCO2)CC2CCCC2)c(F)c(N2CC(C)(N3CCCC3)C2)n1. The number of likely N-dealkylation sites (tertiary alicyclic amines) is 1. The molecule has 0 bridgehead atoms. The van der Waals surface area contributed by atoms with Crippen LogP contribution in [0.4, 0.5) is 20.8 Å². The van der Waals surface area contributed by atoms with Gasteiger partial charge in [0.25, 0.3) is 0 Å². The highest BCUT2D eigenvalue weighted by Crippen LogP contribution is 2.36. The van der Waals surface area contributed by atoms with E-state index in [1.807, 2.05) is 4.90 Å². The van der Waals surface area contributed by atoms with Crippen molar-refractivity contribution in [1.29, 1.82) is 0 Å². The summed E-state index contributed by atoms with van der Waals surface area (Å²) in [4.78, 5) is 38.6. The Morgan fingerprint density at radius 1 is 1.10 bits per heavy atom. The molecule has 0 spiro atoms. The van der Waals surface area contributed by atoms with Gasteiger partial charge in [0, 0.05) is 26.1 Å². The molecule has 3 N–H and O–H groups in total. The molecule has 2 amide bonds. The molecule has 5 rings (SSSR count). The van der Waals surface area contributed by atoms with Gasteiger partial charge in [-0.2, -0.15) is 4.39 Å². The van der Waals surface area contributed by atoms with E-state index in [1.165, 1.54) is 12.8 Å². The quantitative estimate of drug-likeness (QED) is 0.369. The third-order valence-corrected chi connectivity index (χ3v) is 8.81. The first-order valence-electron chi connectivity index (χ1n) is 15.0. The third-order valence-electron chi connectivity index (χ3n) is 8.81. The minimum atomic E-state index is -0.596. The smallest absolute Gasteiger partial charge is 0.409 e. The van der Waals surface area contributed by atoms with Gasteiger partial charge in [-0.3, -0.25) is 20.5 Å². The van der Waals surface area contributed by atoms with Crippen LogP contribution in [0.3, 0.4) is 0 Å². The largest absolute Gasteiger partial charge is 0.420 e. The Kier molecular flexibility index (Phi) is 9.24. The topological polar surface area (TPSA) is 121 Å². The Balaban J connectivity index is 1.18. The lowest BCUT2D eigenvalue weighted by atomic mass is 9.90. The van der Waals surface area contributed by atoms with E-state index in [0.29, 0.717) is 44.3 Å². The molecule has 4 fully saturated rings. The lowest BCUT2D eigenvalue weighted by Gasteiger charge is -2.53. The summed E-state index contributed by atoms with van der Waals surface area (Å²) in [7, 11) is 0. The van der Waals surface area contributed by atoms with Crippen LogP contribution in [-0.2, 0) is 14.3 Å². The molecule has 1 aliphatic carbocycles. The standard InChI is InChI=1S/C28H44FN7O4/c1-19-31-24(23(29)25(32-19)35-17-28(2,18-35)36-12-6-7-13-36)33-34-26(37)21(15-20-9-3-4-10-20)16-30-27(38)40-22-11-5-8-14-39-22/h20-22H,3-18H2,1-2H3,(H,30,38)(H,34,37)(H,31,32,33)/t21-,22?/m1/s1. The second-order valence-corrected chi connectivity index (χ2v) is 12.1. The summed E-state index contributed by atoms with van der Waals surface area (Å²) in [5.74, 6) is -0.405. The number of carbonyl (C=O) groups is 2. The lowest BCUT2D eigenvalue weighted by Crippen LogP contribution is -2.68. The van der Waals surface area contributed by atoms with Crippen molar-refractivity contribution in [3.63, 3.8) is 0 Å². The Bertz CT molecular complexity index is 1040. The summed E-state index contributed by atoms with van der Waals surface area (Å²) in [6.07, 6.45) is 8.90. The van der Waals surface area contributed by atoms with Gasteiger partial charge in [-0.15, -0.1) is 0 Å².